The fraction of sp³-hybridized carbons (Fsp3) is 0.167. The number of hydrogen-bond acceptors (Lipinski definition) is 2. The summed E-state index contributed by atoms with van der Waals surface area (Å²) in [6, 6.07) is 5.92. The van der Waals surface area contributed by atoms with Crippen LogP contribution in [0.3, 0.4) is 0 Å². The van der Waals surface area contributed by atoms with Gasteiger partial charge in [-0.25, -0.2) is 4.98 Å². The fourth-order valence-electron chi connectivity index (χ4n) is 1.92. The molecule has 0 bridgehead atoms. The molecule has 0 spiro atoms. The molecule has 0 fully saturated rings. The fourth-order valence-corrected chi connectivity index (χ4v) is 2.21. The Balaban J connectivity index is 2.05. The smallest absolute Gasteiger partial charge is 0.138 e. The normalized spacial score (nSPS) is 11.2. The molecule has 0 saturated carbocycles. The number of nitrogens with zero attached hydrogens (tertiary/aromatic N) is 3. The summed E-state index contributed by atoms with van der Waals surface area (Å²) in [6.07, 6.45) is 3.69. The van der Waals surface area contributed by atoms with Crippen LogP contribution in [0.1, 0.15) is 11.4 Å². The van der Waals surface area contributed by atoms with Crippen LogP contribution in [0.25, 0.3) is 10.9 Å². The van der Waals surface area contributed by atoms with Gasteiger partial charge < -0.3 is 4.98 Å². The van der Waals surface area contributed by atoms with E-state index < -0.39 is 0 Å². The van der Waals surface area contributed by atoms with E-state index in [1.54, 1.807) is 6.20 Å². The number of aromatic amines is 1. The van der Waals surface area contributed by atoms with Gasteiger partial charge in [-0.15, -0.1) is 0 Å². The maximum atomic E-state index is 6.10. The number of rotatable bonds is 2. The molecule has 0 aromatic carbocycles. The lowest BCUT2D eigenvalue weighted by atomic mass is 10.3. The molecule has 1 N–H and O–H groups in total. The number of pyridine rings is 1. The Morgan fingerprint density at radius 2 is 2.29 bits per heavy atom. The molecule has 0 radical (unpaired) electrons. The van der Waals surface area contributed by atoms with Crippen molar-refractivity contribution >= 4 is 22.5 Å². The number of hydrogen-bond donors (Lipinski definition) is 1. The highest BCUT2D eigenvalue weighted by Gasteiger charge is 2.06. The van der Waals surface area contributed by atoms with Crippen LogP contribution in [0.4, 0.5) is 0 Å². The lowest BCUT2D eigenvalue weighted by molar-refractivity contribution is 0.677. The second kappa shape index (κ2) is 3.89. The van der Waals surface area contributed by atoms with Gasteiger partial charge in [-0.2, -0.15) is 5.10 Å². The van der Waals surface area contributed by atoms with E-state index in [0.29, 0.717) is 11.7 Å². The van der Waals surface area contributed by atoms with E-state index in [-0.39, 0.29) is 0 Å². The van der Waals surface area contributed by atoms with Crippen molar-refractivity contribution < 1.29 is 0 Å². The summed E-state index contributed by atoms with van der Waals surface area (Å²) in [5, 5.41) is 5.67. The van der Waals surface area contributed by atoms with Gasteiger partial charge in [0, 0.05) is 29.2 Å². The molecule has 3 aromatic heterocycles. The van der Waals surface area contributed by atoms with Gasteiger partial charge in [0.2, 0.25) is 0 Å². The zero-order valence-corrected chi connectivity index (χ0v) is 10.1. The minimum atomic E-state index is 0.544. The van der Waals surface area contributed by atoms with Gasteiger partial charge >= 0.3 is 0 Å². The number of H-pyrrole nitrogens is 1. The Morgan fingerprint density at radius 1 is 1.41 bits per heavy atom. The summed E-state index contributed by atoms with van der Waals surface area (Å²) >= 11 is 6.10. The first-order chi connectivity index (χ1) is 8.22. The van der Waals surface area contributed by atoms with E-state index >= 15 is 0 Å². The summed E-state index contributed by atoms with van der Waals surface area (Å²) in [5.74, 6) is 0. The summed E-state index contributed by atoms with van der Waals surface area (Å²) in [5.41, 5.74) is 3.00. The summed E-state index contributed by atoms with van der Waals surface area (Å²) in [7, 11) is 0. The molecule has 86 valence electrons. The van der Waals surface area contributed by atoms with Gasteiger partial charge in [-0.3, -0.25) is 4.68 Å². The van der Waals surface area contributed by atoms with Gasteiger partial charge in [-0.1, -0.05) is 11.6 Å². The van der Waals surface area contributed by atoms with Crippen LogP contribution in [0.2, 0.25) is 5.15 Å². The average molecular weight is 247 g/mol. The number of halogens is 1. The molecule has 3 rings (SSSR count). The molecule has 0 aliphatic rings. The zero-order chi connectivity index (χ0) is 11.8. The van der Waals surface area contributed by atoms with Crippen molar-refractivity contribution in [3.63, 3.8) is 0 Å². The van der Waals surface area contributed by atoms with Crippen LogP contribution >= 0.6 is 11.6 Å². The van der Waals surface area contributed by atoms with Crippen LogP contribution in [-0.4, -0.2) is 19.7 Å². The lowest BCUT2D eigenvalue weighted by Gasteiger charge is -1.97. The predicted molar refractivity (Wildman–Crippen MR) is 67.2 cm³/mol. The molecule has 0 aliphatic carbocycles. The van der Waals surface area contributed by atoms with E-state index in [1.807, 2.05) is 36.0 Å². The van der Waals surface area contributed by atoms with E-state index in [2.05, 4.69) is 15.1 Å². The second-order valence-electron chi connectivity index (χ2n) is 4.01. The summed E-state index contributed by atoms with van der Waals surface area (Å²) in [6.45, 7) is 2.64. The van der Waals surface area contributed by atoms with Crippen LogP contribution in [0.5, 0.6) is 0 Å². The van der Waals surface area contributed by atoms with Crippen molar-refractivity contribution in [1.82, 2.24) is 19.7 Å². The molecule has 0 amide bonds. The van der Waals surface area contributed by atoms with Crippen molar-refractivity contribution in [3.8, 4) is 0 Å². The first kappa shape index (κ1) is 10.4. The SMILES string of the molecule is Cc1cc2[nH]c(Cn3cccn3)cc2c(Cl)n1. The molecule has 5 heteroatoms. The van der Waals surface area contributed by atoms with E-state index in [9.17, 15) is 0 Å². The molecule has 0 atom stereocenters. The highest BCUT2D eigenvalue weighted by atomic mass is 35.5. The van der Waals surface area contributed by atoms with E-state index in [0.717, 1.165) is 22.3 Å². The van der Waals surface area contributed by atoms with Crippen molar-refractivity contribution in [2.45, 2.75) is 13.5 Å². The lowest BCUT2D eigenvalue weighted by Crippen LogP contribution is -1.99. The molecule has 0 saturated heterocycles. The van der Waals surface area contributed by atoms with Crippen LogP contribution < -0.4 is 0 Å². The Labute approximate surface area is 103 Å². The Hall–Kier alpha value is -1.81. The van der Waals surface area contributed by atoms with E-state index in [4.69, 9.17) is 11.6 Å². The minimum absolute atomic E-state index is 0.544. The maximum Gasteiger partial charge on any atom is 0.138 e. The third kappa shape index (κ3) is 1.91. The maximum absolute atomic E-state index is 6.10. The second-order valence-corrected chi connectivity index (χ2v) is 4.37. The van der Waals surface area contributed by atoms with Crippen molar-refractivity contribution in [2.75, 3.05) is 0 Å². The van der Waals surface area contributed by atoms with Crippen LogP contribution in [-0.2, 0) is 6.54 Å². The predicted octanol–water partition coefficient (Wildman–Crippen LogP) is 2.77. The highest BCUT2D eigenvalue weighted by molar-refractivity contribution is 6.34. The van der Waals surface area contributed by atoms with Gasteiger partial charge in [0.15, 0.2) is 0 Å². The van der Waals surface area contributed by atoms with Crippen molar-refractivity contribution in [1.29, 1.82) is 0 Å². The third-order valence-corrected chi connectivity index (χ3v) is 2.93. The molecule has 3 heterocycles. The number of fused-ring (bicyclic) bond motifs is 1. The molecule has 3 aromatic rings. The van der Waals surface area contributed by atoms with E-state index in [1.165, 1.54) is 0 Å². The van der Waals surface area contributed by atoms with Gasteiger partial charge in [0.1, 0.15) is 5.15 Å². The molecular formula is C12H11ClN4. The molecule has 0 unspecified atom stereocenters. The van der Waals surface area contributed by atoms with Gasteiger partial charge in [0.05, 0.1) is 12.1 Å². The first-order valence-corrected chi connectivity index (χ1v) is 5.72. The number of nitrogens with one attached hydrogen (secondary N) is 1. The molecule has 17 heavy (non-hydrogen) atoms. The molecule has 4 nitrogen and oxygen atoms in total. The molecule has 0 aliphatic heterocycles. The zero-order valence-electron chi connectivity index (χ0n) is 9.31. The highest BCUT2D eigenvalue weighted by Crippen LogP contribution is 2.23. The third-order valence-electron chi connectivity index (χ3n) is 2.65. The van der Waals surface area contributed by atoms with Crippen LogP contribution in [0, 0.1) is 6.92 Å². The topological polar surface area (TPSA) is 46.5 Å². The van der Waals surface area contributed by atoms with Crippen molar-refractivity contribution in [2.24, 2.45) is 0 Å². The number of aryl methyl sites for hydroxylation is 1. The quantitative estimate of drug-likeness (QED) is 0.707. The van der Waals surface area contributed by atoms with Crippen LogP contribution in [0.15, 0.2) is 30.6 Å². The van der Waals surface area contributed by atoms with Crippen molar-refractivity contribution in [3.05, 3.63) is 47.1 Å². The Bertz CT molecular complexity index is 655. The number of aromatic nitrogens is 4. The van der Waals surface area contributed by atoms with Gasteiger partial charge in [-0.05, 0) is 25.1 Å². The minimum Gasteiger partial charge on any atom is -0.357 e. The summed E-state index contributed by atoms with van der Waals surface area (Å²) < 4.78 is 1.86. The largest absolute Gasteiger partial charge is 0.357 e. The first-order valence-electron chi connectivity index (χ1n) is 5.34. The molecular weight excluding hydrogens is 236 g/mol. The average Bonchev–Trinajstić information content (AvgIpc) is 2.87. The Kier molecular flexibility index (Phi) is 2.37. The van der Waals surface area contributed by atoms with Gasteiger partial charge in [0.25, 0.3) is 0 Å². The summed E-state index contributed by atoms with van der Waals surface area (Å²) in [4.78, 5) is 7.57. The monoisotopic (exact) mass is 246 g/mol. The Morgan fingerprint density at radius 3 is 3.06 bits per heavy atom. The standard InChI is InChI=1S/C12H11ClN4/c1-8-5-11-10(12(13)15-8)6-9(16-11)7-17-4-2-3-14-17/h2-6,16H,7H2,1H3.